The van der Waals surface area contributed by atoms with E-state index in [2.05, 4.69) is 20.6 Å². The predicted octanol–water partition coefficient (Wildman–Crippen LogP) is 1.95. The Morgan fingerprint density at radius 2 is 1.81 bits per heavy atom. The largest absolute Gasteiger partial charge is 0.497 e. The van der Waals surface area contributed by atoms with Gasteiger partial charge in [0.25, 0.3) is 0 Å². The molecule has 1 aromatic carbocycles. The third-order valence-corrected chi connectivity index (χ3v) is 3.41. The monoisotopic (exact) mass is 386 g/mol. The van der Waals surface area contributed by atoms with Crippen LogP contribution in [-0.4, -0.2) is 54.5 Å². The molecule has 1 aromatic heterocycles. The van der Waals surface area contributed by atoms with Crippen molar-refractivity contribution in [3.05, 3.63) is 42.2 Å². The first-order chi connectivity index (χ1) is 12.9. The van der Waals surface area contributed by atoms with Crippen LogP contribution in [0, 0.1) is 0 Å². The zero-order valence-corrected chi connectivity index (χ0v) is 14.7. The first-order valence-corrected chi connectivity index (χ1v) is 8.18. The summed E-state index contributed by atoms with van der Waals surface area (Å²) < 4.78 is 48.2. The third-order valence-electron chi connectivity index (χ3n) is 3.41. The number of aromatic nitrogens is 2. The van der Waals surface area contributed by atoms with Gasteiger partial charge in [-0.25, -0.2) is 9.97 Å². The van der Waals surface area contributed by atoms with E-state index in [9.17, 15) is 18.3 Å². The highest BCUT2D eigenvalue weighted by Gasteiger charge is 2.32. The molecule has 0 fully saturated rings. The summed E-state index contributed by atoms with van der Waals surface area (Å²) in [5.74, 6) is 1.22. The number of halogens is 3. The van der Waals surface area contributed by atoms with Crippen LogP contribution < -0.4 is 20.1 Å². The number of rotatable bonds is 10. The molecule has 0 aliphatic heterocycles. The van der Waals surface area contributed by atoms with Crippen LogP contribution >= 0.6 is 0 Å². The maximum absolute atomic E-state index is 12.6. The van der Waals surface area contributed by atoms with E-state index in [1.165, 1.54) is 0 Å². The molecule has 0 saturated heterocycles. The van der Waals surface area contributed by atoms with Gasteiger partial charge in [0.1, 0.15) is 29.9 Å². The van der Waals surface area contributed by atoms with Crippen LogP contribution in [0.2, 0.25) is 0 Å². The maximum atomic E-state index is 12.6. The number of hydrogen-bond acceptors (Lipinski definition) is 7. The number of benzene rings is 1. The van der Waals surface area contributed by atoms with Crippen molar-refractivity contribution in [3.63, 3.8) is 0 Å². The number of nitrogens with zero attached hydrogens (tertiary/aromatic N) is 2. The summed E-state index contributed by atoms with van der Waals surface area (Å²) in [4.78, 5) is 7.13. The predicted molar refractivity (Wildman–Crippen MR) is 92.9 cm³/mol. The molecule has 0 aliphatic rings. The highest BCUT2D eigenvalue weighted by Crippen LogP contribution is 2.27. The van der Waals surface area contributed by atoms with E-state index < -0.39 is 18.0 Å². The van der Waals surface area contributed by atoms with E-state index in [-0.39, 0.29) is 19.1 Å². The lowest BCUT2D eigenvalue weighted by Gasteiger charge is -2.14. The number of anilines is 1. The molecule has 2 aromatic rings. The summed E-state index contributed by atoms with van der Waals surface area (Å²) in [6.45, 7) is 1.07. The lowest BCUT2D eigenvalue weighted by molar-refractivity contribution is -0.141. The summed E-state index contributed by atoms with van der Waals surface area (Å²) in [6, 6.07) is 7.78. The van der Waals surface area contributed by atoms with Crippen LogP contribution in [0.3, 0.4) is 0 Å². The van der Waals surface area contributed by atoms with Crippen molar-refractivity contribution in [2.75, 3.05) is 38.7 Å². The number of aliphatic hydroxyl groups excluding tert-OH is 1. The molecule has 0 amide bonds. The van der Waals surface area contributed by atoms with Crippen LogP contribution in [0.25, 0.3) is 0 Å². The normalized spacial score (nSPS) is 12.5. The van der Waals surface area contributed by atoms with Gasteiger partial charge in [-0.15, -0.1) is 0 Å². The topological polar surface area (TPSA) is 88.5 Å². The minimum atomic E-state index is -4.51. The Kier molecular flexibility index (Phi) is 7.62. The van der Waals surface area contributed by atoms with Crippen molar-refractivity contribution in [1.29, 1.82) is 0 Å². The average molecular weight is 386 g/mol. The van der Waals surface area contributed by atoms with E-state index in [1.54, 1.807) is 31.4 Å². The Morgan fingerprint density at radius 3 is 2.48 bits per heavy atom. The summed E-state index contributed by atoms with van der Waals surface area (Å²) in [5.41, 5.74) is -1.00. The Bertz CT molecular complexity index is 699. The van der Waals surface area contributed by atoms with Crippen molar-refractivity contribution < 1.29 is 27.8 Å². The smallest absolute Gasteiger partial charge is 0.433 e. The first-order valence-electron chi connectivity index (χ1n) is 8.18. The molecule has 1 heterocycles. The van der Waals surface area contributed by atoms with Crippen molar-refractivity contribution in [3.8, 4) is 11.5 Å². The third kappa shape index (κ3) is 7.27. The van der Waals surface area contributed by atoms with Crippen molar-refractivity contribution in [2.45, 2.75) is 12.3 Å². The minimum absolute atomic E-state index is 0.101. The fraction of sp³-hybridized carbons (Fsp3) is 0.412. The number of alkyl halides is 3. The number of methoxy groups -OCH3 is 1. The van der Waals surface area contributed by atoms with Gasteiger partial charge >= 0.3 is 6.18 Å². The molecule has 0 bridgehead atoms. The minimum Gasteiger partial charge on any atom is -0.497 e. The molecule has 27 heavy (non-hydrogen) atoms. The zero-order chi connectivity index (χ0) is 19.7. The van der Waals surface area contributed by atoms with Gasteiger partial charge in [-0.2, -0.15) is 13.2 Å². The van der Waals surface area contributed by atoms with Crippen LogP contribution in [0.1, 0.15) is 5.69 Å². The highest BCUT2D eigenvalue weighted by atomic mass is 19.4. The summed E-state index contributed by atoms with van der Waals surface area (Å²) >= 11 is 0. The van der Waals surface area contributed by atoms with Gasteiger partial charge in [0.15, 0.2) is 0 Å². The van der Waals surface area contributed by atoms with Crippen LogP contribution in [0.15, 0.2) is 36.5 Å². The van der Waals surface area contributed by atoms with E-state index >= 15 is 0 Å². The van der Waals surface area contributed by atoms with E-state index in [1.807, 2.05) is 0 Å². The molecule has 1 atom stereocenters. The molecule has 0 unspecified atom stereocenters. The van der Waals surface area contributed by atoms with Crippen molar-refractivity contribution >= 4 is 5.95 Å². The summed E-state index contributed by atoms with van der Waals surface area (Å²) in [7, 11) is 1.57. The Labute approximate surface area is 154 Å². The van der Waals surface area contributed by atoms with Crippen LogP contribution in [0.4, 0.5) is 19.1 Å². The number of nitrogens with one attached hydrogen (secondary N) is 2. The molecule has 0 saturated carbocycles. The highest BCUT2D eigenvalue weighted by molar-refractivity contribution is 5.31. The van der Waals surface area contributed by atoms with Gasteiger partial charge in [0, 0.05) is 25.8 Å². The molecule has 0 spiro atoms. The Morgan fingerprint density at radius 1 is 1.11 bits per heavy atom. The molecule has 148 valence electrons. The molecule has 10 heteroatoms. The van der Waals surface area contributed by atoms with Gasteiger partial charge in [-0.3, -0.25) is 0 Å². The lowest BCUT2D eigenvalue weighted by atomic mass is 10.3. The zero-order valence-electron chi connectivity index (χ0n) is 14.7. The fourth-order valence-electron chi connectivity index (χ4n) is 2.06. The second-order valence-corrected chi connectivity index (χ2v) is 5.53. The maximum Gasteiger partial charge on any atom is 0.433 e. The van der Waals surface area contributed by atoms with E-state index in [0.717, 1.165) is 12.3 Å². The standard InChI is InChI=1S/C17H21F3N4O3/c1-26-13-2-4-14(5-3-13)27-11-12(25)10-21-8-9-23-16-22-7-6-15(24-16)17(18,19)20/h2-7,12,21,25H,8-11H2,1H3,(H,22,23,24)/t12-/m1/s1. The number of ether oxygens (including phenoxy) is 2. The van der Waals surface area contributed by atoms with Crippen LogP contribution in [-0.2, 0) is 6.18 Å². The lowest BCUT2D eigenvalue weighted by Crippen LogP contribution is -2.34. The van der Waals surface area contributed by atoms with Gasteiger partial charge in [0.05, 0.1) is 7.11 Å². The average Bonchev–Trinajstić information content (AvgIpc) is 2.66. The first kappa shape index (κ1) is 20.7. The van der Waals surface area contributed by atoms with Crippen LogP contribution in [0.5, 0.6) is 11.5 Å². The van der Waals surface area contributed by atoms with Gasteiger partial charge in [-0.05, 0) is 30.3 Å². The molecular weight excluding hydrogens is 365 g/mol. The number of aliphatic hydroxyl groups is 1. The molecule has 0 aliphatic carbocycles. The summed E-state index contributed by atoms with van der Waals surface area (Å²) in [5, 5.41) is 15.5. The van der Waals surface area contributed by atoms with Gasteiger partial charge < -0.3 is 25.2 Å². The molecule has 2 rings (SSSR count). The molecular formula is C17H21F3N4O3. The SMILES string of the molecule is COc1ccc(OC[C@H](O)CNCCNc2nccc(C(F)(F)F)n2)cc1. The summed E-state index contributed by atoms with van der Waals surface area (Å²) in [6.07, 6.45) is -4.20. The molecule has 0 radical (unpaired) electrons. The van der Waals surface area contributed by atoms with E-state index in [4.69, 9.17) is 9.47 Å². The Hall–Kier alpha value is -2.59. The molecule has 7 nitrogen and oxygen atoms in total. The van der Waals surface area contributed by atoms with Gasteiger partial charge in [-0.1, -0.05) is 0 Å². The quantitative estimate of drug-likeness (QED) is 0.538. The Balaban J connectivity index is 1.62. The van der Waals surface area contributed by atoms with Gasteiger partial charge in [0.2, 0.25) is 5.95 Å². The van der Waals surface area contributed by atoms with Crippen molar-refractivity contribution in [1.82, 2.24) is 15.3 Å². The van der Waals surface area contributed by atoms with E-state index in [0.29, 0.717) is 24.6 Å². The van der Waals surface area contributed by atoms with Crippen molar-refractivity contribution in [2.24, 2.45) is 0 Å². The molecule has 3 N–H and O–H groups in total. The second kappa shape index (κ2) is 9.93. The number of hydrogen-bond donors (Lipinski definition) is 3. The fourth-order valence-corrected chi connectivity index (χ4v) is 2.06. The second-order valence-electron chi connectivity index (χ2n) is 5.53.